The number of carbonyl (C=O) groups is 1. The second-order valence-corrected chi connectivity index (χ2v) is 5.51. The van der Waals surface area contributed by atoms with E-state index in [1.165, 1.54) is 0 Å². The lowest BCUT2D eigenvalue weighted by Gasteiger charge is -2.07. The van der Waals surface area contributed by atoms with E-state index in [9.17, 15) is 4.79 Å². The maximum Gasteiger partial charge on any atom is 0.255 e. The largest absolute Gasteiger partial charge is 0.348 e. The van der Waals surface area contributed by atoms with Gasteiger partial charge in [-0.3, -0.25) is 9.78 Å². The predicted octanol–water partition coefficient (Wildman–Crippen LogP) is 3.16. The molecule has 0 aliphatic rings. The number of carbonyl (C=O) groups excluding carboxylic acids is 1. The zero-order valence-electron chi connectivity index (χ0n) is 12.5. The third-order valence-electron chi connectivity index (χ3n) is 3.51. The summed E-state index contributed by atoms with van der Waals surface area (Å²) in [6, 6.07) is 11.1. The topological polar surface area (TPSA) is 59.8 Å². The monoisotopic (exact) mass is 326 g/mol. The average Bonchev–Trinajstić information content (AvgIpc) is 2.95. The van der Waals surface area contributed by atoms with Crippen LogP contribution >= 0.6 is 11.6 Å². The number of rotatable bonds is 4. The predicted molar refractivity (Wildman–Crippen MR) is 88.7 cm³/mol. The quantitative estimate of drug-likeness (QED) is 0.801. The van der Waals surface area contributed by atoms with Crippen LogP contribution in [-0.2, 0) is 6.54 Å². The molecule has 2 aromatic heterocycles. The van der Waals surface area contributed by atoms with Crippen molar-refractivity contribution in [1.29, 1.82) is 0 Å². The Morgan fingerprint density at radius 1 is 1.26 bits per heavy atom. The number of pyridine rings is 1. The molecule has 0 bridgehead atoms. The number of halogens is 1. The molecule has 0 radical (unpaired) electrons. The lowest BCUT2D eigenvalue weighted by molar-refractivity contribution is 0.0950. The molecule has 116 valence electrons. The van der Waals surface area contributed by atoms with Crippen molar-refractivity contribution in [2.45, 2.75) is 13.5 Å². The summed E-state index contributed by atoms with van der Waals surface area (Å²) in [7, 11) is 0. The molecule has 0 aliphatic carbocycles. The molecule has 2 heterocycles. The van der Waals surface area contributed by atoms with Crippen molar-refractivity contribution in [1.82, 2.24) is 20.1 Å². The Morgan fingerprint density at radius 2 is 2.04 bits per heavy atom. The summed E-state index contributed by atoms with van der Waals surface area (Å²) in [6.45, 7) is 2.30. The van der Waals surface area contributed by atoms with Gasteiger partial charge in [-0.15, -0.1) is 0 Å². The van der Waals surface area contributed by atoms with Gasteiger partial charge in [0, 0.05) is 24.0 Å². The molecule has 0 saturated heterocycles. The summed E-state index contributed by atoms with van der Waals surface area (Å²) in [5, 5.41) is 7.80. The summed E-state index contributed by atoms with van der Waals surface area (Å²) >= 11 is 6.01. The molecule has 3 rings (SSSR count). The Labute approximate surface area is 138 Å². The van der Waals surface area contributed by atoms with Crippen molar-refractivity contribution in [3.05, 3.63) is 76.8 Å². The van der Waals surface area contributed by atoms with E-state index in [4.69, 9.17) is 11.6 Å². The molecular weight excluding hydrogens is 312 g/mol. The first-order valence-electron chi connectivity index (χ1n) is 7.13. The highest BCUT2D eigenvalue weighted by atomic mass is 35.5. The van der Waals surface area contributed by atoms with E-state index >= 15 is 0 Å². The van der Waals surface area contributed by atoms with E-state index in [2.05, 4.69) is 15.4 Å². The molecule has 0 fully saturated rings. The average molecular weight is 327 g/mol. The Morgan fingerprint density at radius 3 is 2.78 bits per heavy atom. The summed E-state index contributed by atoms with van der Waals surface area (Å²) in [6.07, 6.45) is 4.96. The van der Waals surface area contributed by atoms with Gasteiger partial charge in [0.25, 0.3) is 5.91 Å². The first-order valence-corrected chi connectivity index (χ1v) is 7.50. The van der Waals surface area contributed by atoms with Gasteiger partial charge in [-0.05, 0) is 42.8 Å². The van der Waals surface area contributed by atoms with Crippen molar-refractivity contribution in [3.63, 3.8) is 0 Å². The lowest BCUT2D eigenvalue weighted by Crippen LogP contribution is -2.23. The van der Waals surface area contributed by atoms with Gasteiger partial charge in [0.1, 0.15) is 0 Å². The number of nitrogens with zero attached hydrogens (tertiary/aromatic N) is 3. The van der Waals surface area contributed by atoms with Crippen LogP contribution in [0.2, 0.25) is 5.02 Å². The number of hydrogen-bond donors (Lipinski definition) is 1. The molecule has 0 spiro atoms. The fourth-order valence-electron chi connectivity index (χ4n) is 2.28. The van der Waals surface area contributed by atoms with E-state index in [1.807, 2.05) is 31.2 Å². The Balaban J connectivity index is 1.77. The summed E-state index contributed by atoms with van der Waals surface area (Å²) in [4.78, 5) is 16.3. The van der Waals surface area contributed by atoms with Crippen molar-refractivity contribution in [2.75, 3.05) is 0 Å². The van der Waals surface area contributed by atoms with Crippen LogP contribution in [0.1, 0.15) is 21.6 Å². The molecule has 0 atom stereocenters. The summed E-state index contributed by atoms with van der Waals surface area (Å²) < 4.78 is 1.70. The van der Waals surface area contributed by atoms with E-state index in [0.29, 0.717) is 17.1 Å². The van der Waals surface area contributed by atoms with E-state index in [-0.39, 0.29) is 5.91 Å². The summed E-state index contributed by atoms with van der Waals surface area (Å²) in [5.74, 6) is -0.160. The fourth-order valence-corrected chi connectivity index (χ4v) is 2.46. The zero-order valence-corrected chi connectivity index (χ0v) is 13.3. The number of hydrogen-bond acceptors (Lipinski definition) is 3. The first kappa shape index (κ1) is 15.2. The van der Waals surface area contributed by atoms with E-state index < -0.39 is 0 Å². The number of amides is 1. The van der Waals surface area contributed by atoms with Gasteiger partial charge in [0.2, 0.25) is 0 Å². The van der Waals surface area contributed by atoms with Crippen LogP contribution in [0, 0.1) is 6.92 Å². The van der Waals surface area contributed by atoms with Gasteiger partial charge >= 0.3 is 0 Å². The molecule has 0 unspecified atom stereocenters. The Kier molecular flexibility index (Phi) is 4.39. The zero-order chi connectivity index (χ0) is 16.2. The lowest BCUT2D eigenvalue weighted by atomic mass is 10.2. The molecule has 0 saturated carbocycles. The van der Waals surface area contributed by atoms with Crippen molar-refractivity contribution in [3.8, 4) is 5.69 Å². The summed E-state index contributed by atoms with van der Waals surface area (Å²) in [5.41, 5.74) is 3.12. The molecule has 3 aromatic rings. The first-order chi connectivity index (χ1) is 11.1. The van der Waals surface area contributed by atoms with Gasteiger partial charge in [0.05, 0.1) is 23.1 Å². The SMILES string of the molecule is Cc1c(C(=O)NCc2ccncc2)cnn1-c1cccc(Cl)c1. The van der Waals surface area contributed by atoms with E-state index in [0.717, 1.165) is 16.9 Å². The molecule has 0 aliphatic heterocycles. The van der Waals surface area contributed by atoms with E-state index in [1.54, 1.807) is 35.4 Å². The molecule has 6 heteroatoms. The second kappa shape index (κ2) is 6.62. The highest BCUT2D eigenvalue weighted by Crippen LogP contribution is 2.18. The van der Waals surface area contributed by atoms with Crippen molar-refractivity contribution < 1.29 is 4.79 Å². The van der Waals surface area contributed by atoms with Crippen LogP contribution in [0.4, 0.5) is 0 Å². The molecule has 23 heavy (non-hydrogen) atoms. The van der Waals surface area contributed by atoms with Crippen LogP contribution in [-0.4, -0.2) is 20.7 Å². The number of benzene rings is 1. The highest BCUT2D eigenvalue weighted by molar-refractivity contribution is 6.30. The van der Waals surface area contributed by atoms with Gasteiger partial charge in [0.15, 0.2) is 0 Å². The maximum atomic E-state index is 12.3. The van der Waals surface area contributed by atoms with Gasteiger partial charge in [-0.2, -0.15) is 5.10 Å². The Hall–Kier alpha value is -2.66. The number of aromatic nitrogens is 3. The third-order valence-corrected chi connectivity index (χ3v) is 3.74. The van der Waals surface area contributed by atoms with Crippen LogP contribution in [0.25, 0.3) is 5.69 Å². The standard InChI is InChI=1S/C17H15ClN4O/c1-12-16(17(23)20-10-13-5-7-19-8-6-13)11-21-22(12)15-4-2-3-14(18)9-15/h2-9,11H,10H2,1H3,(H,20,23). The van der Waals surface area contributed by atoms with Crippen LogP contribution in [0.5, 0.6) is 0 Å². The van der Waals surface area contributed by atoms with Gasteiger partial charge in [-0.25, -0.2) is 4.68 Å². The number of nitrogens with one attached hydrogen (secondary N) is 1. The van der Waals surface area contributed by atoms with Crippen LogP contribution < -0.4 is 5.32 Å². The fraction of sp³-hybridized carbons (Fsp3) is 0.118. The molecule has 1 amide bonds. The third kappa shape index (κ3) is 3.40. The van der Waals surface area contributed by atoms with Gasteiger partial charge < -0.3 is 5.32 Å². The minimum absolute atomic E-state index is 0.160. The molecule has 5 nitrogen and oxygen atoms in total. The molecular formula is C17H15ClN4O. The van der Waals surface area contributed by atoms with Crippen molar-refractivity contribution in [2.24, 2.45) is 0 Å². The van der Waals surface area contributed by atoms with Crippen LogP contribution in [0.15, 0.2) is 55.0 Å². The minimum atomic E-state index is -0.160. The molecule has 1 aromatic carbocycles. The molecule has 1 N–H and O–H groups in total. The van der Waals surface area contributed by atoms with Crippen LogP contribution in [0.3, 0.4) is 0 Å². The normalized spacial score (nSPS) is 10.5. The minimum Gasteiger partial charge on any atom is -0.348 e. The highest BCUT2D eigenvalue weighted by Gasteiger charge is 2.15. The Bertz CT molecular complexity index is 830. The smallest absolute Gasteiger partial charge is 0.255 e. The maximum absolute atomic E-state index is 12.3. The second-order valence-electron chi connectivity index (χ2n) is 5.07. The van der Waals surface area contributed by atoms with Gasteiger partial charge in [-0.1, -0.05) is 17.7 Å². The van der Waals surface area contributed by atoms with Crippen molar-refractivity contribution >= 4 is 17.5 Å².